The summed E-state index contributed by atoms with van der Waals surface area (Å²) >= 11 is 14.4. The van der Waals surface area contributed by atoms with Crippen LogP contribution in [0.3, 0.4) is 0 Å². The average molecular weight is 434 g/mol. The van der Waals surface area contributed by atoms with Gasteiger partial charge in [0.05, 0.1) is 0 Å². The third kappa shape index (κ3) is 26.5. The van der Waals surface area contributed by atoms with Crippen molar-refractivity contribution >= 4 is 40.8 Å². The molecule has 0 amide bonds. The van der Waals surface area contributed by atoms with Gasteiger partial charge >= 0.3 is 5.97 Å². The Morgan fingerprint density at radius 1 is 0.654 bits per heavy atom. The van der Waals surface area contributed by atoms with Crippen LogP contribution in [0, 0.1) is 0 Å². The van der Waals surface area contributed by atoms with Gasteiger partial charge in [0, 0.05) is 6.61 Å². The van der Waals surface area contributed by atoms with E-state index in [4.69, 9.17) is 45.0 Å². The van der Waals surface area contributed by atoms with Crippen molar-refractivity contribution in [1.29, 1.82) is 0 Å². The van der Waals surface area contributed by atoms with E-state index in [9.17, 15) is 4.79 Å². The third-order valence-corrected chi connectivity index (χ3v) is 4.74. The molecule has 0 aliphatic heterocycles. The number of aliphatic carboxylic acids is 1. The van der Waals surface area contributed by atoms with E-state index in [2.05, 4.69) is 6.92 Å². The lowest BCUT2D eigenvalue weighted by atomic mass is 10.0. The molecule has 0 spiro atoms. The molecule has 0 aromatic carbocycles. The number of carbonyl (C=O) groups is 1. The topological polar surface area (TPSA) is 57.5 Å². The number of hydrogen-bond acceptors (Lipinski definition) is 2. The van der Waals surface area contributed by atoms with Gasteiger partial charge in [0.2, 0.25) is 0 Å². The molecule has 0 fully saturated rings. The first kappa shape index (κ1) is 28.5. The molecule has 0 radical (unpaired) electrons. The minimum Gasteiger partial charge on any atom is -0.478 e. The normalized spacial score (nSPS) is 11.1. The molecule has 0 unspecified atom stereocenters. The van der Waals surface area contributed by atoms with Crippen molar-refractivity contribution in [2.24, 2.45) is 0 Å². The molecule has 158 valence electrons. The Balaban J connectivity index is 0. The zero-order chi connectivity index (χ0) is 20.1. The highest BCUT2D eigenvalue weighted by molar-refractivity contribution is 6.75. The fraction of sp³-hybridized carbons (Fsp3) is 0.950. The van der Waals surface area contributed by atoms with Crippen LogP contribution in [0.1, 0.15) is 110 Å². The lowest BCUT2D eigenvalue weighted by Gasteiger charge is -2.03. The van der Waals surface area contributed by atoms with Gasteiger partial charge in [-0.05, 0) is 6.42 Å². The maximum Gasteiger partial charge on any atom is 0.356 e. The zero-order valence-corrected chi connectivity index (χ0v) is 18.7. The Morgan fingerprint density at radius 3 is 1.08 bits per heavy atom. The van der Waals surface area contributed by atoms with Gasteiger partial charge in [0.15, 0.2) is 0 Å². The van der Waals surface area contributed by atoms with Crippen molar-refractivity contribution in [3.05, 3.63) is 0 Å². The lowest BCUT2D eigenvalue weighted by Crippen LogP contribution is -2.16. The highest BCUT2D eigenvalue weighted by atomic mass is 35.6. The fourth-order valence-corrected chi connectivity index (χ4v) is 2.66. The summed E-state index contributed by atoms with van der Waals surface area (Å²) < 4.78 is -2.17. The highest BCUT2D eigenvalue weighted by Gasteiger charge is 2.29. The summed E-state index contributed by atoms with van der Waals surface area (Å²) in [7, 11) is 0. The van der Waals surface area contributed by atoms with Gasteiger partial charge in [-0.25, -0.2) is 4.79 Å². The zero-order valence-electron chi connectivity index (χ0n) is 16.5. The highest BCUT2D eigenvalue weighted by Crippen LogP contribution is 2.25. The van der Waals surface area contributed by atoms with E-state index < -0.39 is 9.76 Å². The molecule has 26 heavy (non-hydrogen) atoms. The second-order valence-electron chi connectivity index (χ2n) is 6.83. The number of hydrogen-bond donors (Lipinski definition) is 2. The second-order valence-corrected chi connectivity index (χ2v) is 9.11. The van der Waals surface area contributed by atoms with E-state index >= 15 is 0 Å². The number of aliphatic hydroxyl groups is 1. The van der Waals surface area contributed by atoms with Crippen LogP contribution in [0.4, 0.5) is 0 Å². The summed E-state index contributed by atoms with van der Waals surface area (Å²) in [6, 6.07) is 0. The van der Waals surface area contributed by atoms with Gasteiger partial charge in [-0.1, -0.05) is 138 Å². The first-order valence-corrected chi connectivity index (χ1v) is 11.4. The van der Waals surface area contributed by atoms with Gasteiger partial charge in [0.1, 0.15) is 0 Å². The number of unbranched alkanes of at least 4 members (excludes halogenated alkanes) is 15. The van der Waals surface area contributed by atoms with Crippen LogP contribution in [0.15, 0.2) is 0 Å². The summed E-state index contributed by atoms with van der Waals surface area (Å²) in [5.41, 5.74) is 0. The number of carboxylic acid groups (broad SMARTS) is 1. The predicted octanol–water partition coefficient (Wildman–Crippen LogP) is 7.68. The fourth-order valence-electron chi connectivity index (χ4n) is 2.66. The number of halogens is 3. The minimum atomic E-state index is -2.17. The molecule has 0 aliphatic carbocycles. The molecule has 0 aromatic heterocycles. The molecule has 2 N–H and O–H groups in total. The number of rotatable bonds is 16. The van der Waals surface area contributed by atoms with E-state index in [1.54, 1.807) is 0 Å². The Hall–Kier alpha value is 0.300. The minimum absolute atomic E-state index is 0.373. The van der Waals surface area contributed by atoms with Crippen LogP contribution >= 0.6 is 34.8 Å². The SMILES string of the molecule is CCCCCCCCCCCCCCCCCCO.O=C(O)C(Cl)(Cl)Cl. The molecule has 0 bridgehead atoms. The maximum absolute atomic E-state index is 9.62. The van der Waals surface area contributed by atoms with E-state index in [0.717, 1.165) is 6.42 Å². The summed E-state index contributed by atoms with van der Waals surface area (Å²) in [4.78, 5) is 9.62. The molecule has 0 saturated heterocycles. The van der Waals surface area contributed by atoms with E-state index in [-0.39, 0.29) is 0 Å². The van der Waals surface area contributed by atoms with Crippen molar-refractivity contribution in [3.63, 3.8) is 0 Å². The van der Waals surface area contributed by atoms with E-state index in [1.807, 2.05) is 0 Å². The van der Waals surface area contributed by atoms with Gasteiger partial charge < -0.3 is 10.2 Å². The molecule has 6 heteroatoms. The largest absolute Gasteiger partial charge is 0.478 e. The van der Waals surface area contributed by atoms with Crippen LogP contribution in [-0.4, -0.2) is 26.6 Å². The Morgan fingerprint density at radius 2 is 0.885 bits per heavy atom. The van der Waals surface area contributed by atoms with Crippen molar-refractivity contribution in [2.75, 3.05) is 6.61 Å². The molecule has 3 nitrogen and oxygen atoms in total. The van der Waals surface area contributed by atoms with Gasteiger partial charge in [0.25, 0.3) is 3.79 Å². The summed E-state index contributed by atoms with van der Waals surface area (Å²) in [5.74, 6) is -1.46. The molecule has 0 aliphatic rings. The van der Waals surface area contributed by atoms with E-state index in [0.29, 0.717) is 6.61 Å². The third-order valence-electron chi connectivity index (χ3n) is 4.25. The quantitative estimate of drug-likeness (QED) is 0.194. The van der Waals surface area contributed by atoms with Crippen LogP contribution < -0.4 is 0 Å². The summed E-state index contributed by atoms with van der Waals surface area (Å²) in [6.07, 6.45) is 22.2. The van der Waals surface area contributed by atoms with Crippen LogP contribution in [0.25, 0.3) is 0 Å². The van der Waals surface area contributed by atoms with Crippen LogP contribution in [-0.2, 0) is 4.79 Å². The predicted molar refractivity (Wildman–Crippen MR) is 115 cm³/mol. The first-order chi connectivity index (χ1) is 12.4. The van der Waals surface area contributed by atoms with Crippen molar-refractivity contribution < 1.29 is 15.0 Å². The molecule has 0 atom stereocenters. The Labute approximate surface area is 175 Å². The number of carboxylic acids is 1. The summed E-state index contributed by atoms with van der Waals surface area (Å²) in [6.45, 7) is 2.66. The maximum atomic E-state index is 9.62. The molecular formula is C20H39Cl3O3. The molecule has 0 heterocycles. The monoisotopic (exact) mass is 432 g/mol. The van der Waals surface area contributed by atoms with Crippen molar-refractivity contribution in [1.82, 2.24) is 0 Å². The first-order valence-electron chi connectivity index (χ1n) is 10.3. The lowest BCUT2D eigenvalue weighted by molar-refractivity contribution is -0.135. The smallest absolute Gasteiger partial charge is 0.356 e. The Kier molecular flexibility index (Phi) is 23.7. The molecule has 0 rings (SSSR count). The van der Waals surface area contributed by atoms with Crippen LogP contribution in [0.2, 0.25) is 0 Å². The standard InChI is InChI=1S/C18H38O.C2HCl3O2/c1-2-3-4-5-6-7-8-9-10-11-12-13-14-15-16-17-18-19;3-2(4,5)1(6)7/h19H,2-18H2,1H3;(H,6,7). The van der Waals surface area contributed by atoms with Crippen molar-refractivity contribution in [3.8, 4) is 0 Å². The molecule has 0 saturated carbocycles. The number of aliphatic hydroxyl groups excluding tert-OH is 1. The molecule has 0 aromatic rings. The van der Waals surface area contributed by atoms with Gasteiger partial charge in [-0.3, -0.25) is 0 Å². The van der Waals surface area contributed by atoms with Crippen LogP contribution in [0.5, 0.6) is 0 Å². The van der Waals surface area contributed by atoms with Crippen molar-refractivity contribution in [2.45, 2.75) is 113 Å². The Bertz CT molecular complexity index is 279. The average Bonchev–Trinajstić information content (AvgIpc) is 2.58. The second kappa shape index (κ2) is 21.6. The van der Waals surface area contributed by atoms with Gasteiger partial charge in [-0.2, -0.15) is 0 Å². The molecular weight excluding hydrogens is 395 g/mol. The summed E-state index contributed by atoms with van der Waals surface area (Å²) in [5, 5.41) is 16.5. The number of alkyl halides is 3. The van der Waals surface area contributed by atoms with Gasteiger partial charge in [-0.15, -0.1) is 0 Å². The van der Waals surface area contributed by atoms with E-state index in [1.165, 1.54) is 96.3 Å².